The number of rotatable bonds is 4. The van der Waals surface area contributed by atoms with Gasteiger partial charge in [-0.2, -0.15) is 4.31 Å². The van der Waals surface area contributed by atoms with Crippen molar-refractivity contribution in [2.45, 2.75) is 24.0 Å². The first kappa shape index (κ1) is 18.2. The minimum atomic E-state index is -3.69. The Morgan fingerprint density at radius 2 is 1.92 bits per heavy atom. The fraction of sp³-hybridized carbons (Fsp3) is 0.333. The highest BCUT2D eigenvalue weighted by Crippen LogP contribution is 2.32. The molecule has 2 aromatic rings. The molecule has 1 aliphatic heterocycles. The molecule has 134 valence electrons. The van der Waals surface area contributed by atoms with Crippen LogP contribution in [0.25, 0.3) is 0 Å². The molecule has 2 unspecified atom stereocenters. The van der Waals surface area contributed by atoms with E-state index in [0.29, 0.717) is 12.4 Å². The normalized spacial score (nSPS) is 21.9. The Bertz CT molecular complexity index is 841. The van der Waals surface area contributed by atoms with Crippen LogP contribution in [-0.4, -0.2) is 39.0 Å². The number of hydrogen-bond donors (Lipinski definition) is 0. The minimum Gasteiger partial charge on any atom is -0.495 e. The van der Waals surface area contributed by atoms with Crippen molar-refractivity contribution >= 4 is 21.6 Å². The molecule has 1 fully saturated rings. The van der Waals surface area contributed by atoms with Crippen LogP contribution in [-0.2, 0) is 14.8 Å². The Balaban J connectivity index is 1.91. The third-order valence-corrected chi connectivity index (χ3v) is 6.55. The van der Waals surface area contributed by atoms with Gasteiger partial charge < -0.3 is 9.47 Å². The van der Waals surface area contributed by atoms with Crippen molar-refractivity contribution in [3.63, 3.8) is 0 Å². The van der Waals surface area contributed by atoms with Crippen molar-refractivity contribution in [2.75, 3.05) is 20.3 Å². The summed E-state index contributed by atoms with van der Waals surface area (Å²) in [4.78, 5) is 0.152. The molecule has 7 heteroatoms. The summed E-state index contributed by atoms with van der Waals surface area (Å²) in [5.74, 6) is 0.442. The number of sulfonamides is 1. The van der Waals surface area contributed by atoms with Crippen molar-refractivity contribution < 1.29 is 17.9 Å². The molecular weight excluding hydrogens is 362 g/mol. The number of halogens is 1. The van der Waals surface area contributed by atoms with Gasteiger partial charge in [-0.15, -0.1) is 0 Å². The average molecular weight is 382 g/mol. The summed E-state index contributed by atoms with van der Waals surface area (Å²) < 4.78 is 38.6. The van der Waals surface area contributed by atoms with Crippen molar-refractivity contribution in [3.8, 4) is 5.75 Å². The maximum Gasteiger partial charge on any atom is 0.243 e. The zero-order valence-corrected chi connectivity index (χ0v) is 15.6. The monoisotopic (exact) mass is 381 g/mol. The van der Waals surface area contributed by atoms with Gasteiger partial charge in [-0.3, -0.25) is 0 Å². The zero-order valence-electron chi connectivity index (χ0n) is 14.1. The largest absolute Gasteiger partial charge is 0.495 e. The zero-order chi connectivity index (χ0) is 18.0. The molecule has 25 heavy (non-hydrogen) atoms. The molecule has 5 nitrogen and oxygen atoms in total. The van der Waals surface area contributed by atoms with Crippen molar-refractivity contribution in [1.29, 1.82) is 0 Å². The van der Waals surface area contributed by atoms with Crippen LogP contribution in [0.2, 0.25) is 5.02 Å². The van der Waals surface area contributed by atoms with Crippen LogP contribution in [0.15, 0.2) is 53.4 Å². The SMILES string of the molecule is COc1ccc(S(=O)(=O)N2CC(c3ccccc3)OCC2C)cc1Cl. The number of methoxy groups -OCH3 is 1. The molecule has 1 saturated heterocycles. The molecule has 0 aliphatic carbocycles. The lowest BCUT2D eigenvalue weighted by molar-refractivity contribution is -0.0288. The van der Waals surface area contributed by atoms with Crippen LogP contribution in [0.1, 0.15) is 18.6 Å². The highest BCUT2D eigenvalue weighted by Gasteiger charge is 2.36. The number of benzene rings is 2. The minimum absolute atomic E-state index is 0.152. The first-order valence-corrected chi connectivity index (χ1v) is 9.77. The highest BCUT2D eigenvalue weighted by atomic mass is 35.5. The smallest absolute Gasteiger partial charge is 0.243 e. The van der Waals surface area contributed by atoms with Gasteiger partial charge in [0.15, 0.2) is 0 Å². The van der Waals surface area contributed by atoms with Crippen molar-refractivity contribution in [1.82, 2.24) is 4.31 Å². The maximum atomic E-state index is 13.1. The lowest BCUT2D eigenvalue weighted by Crippen LogP contribution is -2.48. The summed E-state index contributed by atoms with van der Waals surface area (Å²) in [5.41, 5.74) is 0.961. The third-order valence-electron chi connectivity index (χ3n) is 4.28. The van der Waals surface area contributed by atoms with E-state index in [2.05, 4.69) is 0 Å². The van der Waals surface area contributed by atoms with Crippen LogP contribution in [0.5, 0.6) is 5.75 Å². The molecule has 1 heterocycles. The maximum absolute atomic E-state index is 13.1. The summed E-state index contributed by atoms with van der Waals surface area (Å²) in [6.07, 6.45) is -0.291. The van der Waals surface area contributed by atoms with Gasteiger partial charge in [0.1, 0.15) is 5.75 Å². The van der Waals surface area contributed by atoms with E-state index >= 15 is 0 Å². The molecule has 1 aliphatic rings. The van der Waals surface area contributed by atoms with Crippen molar-refractivity contribution in [3.05, 3.63) is 59.1 Å². The summed E-state index contributed by atoms with van der Waals surface area (Å²) in [5, 5.41) is 0.268. The quantitative estimate of drug-likeness (QED) is 0.813. The van der Waals surface area contributed by atoms with E-state index in [1.54, 1.807) is 6.07 Å². The Hall–Kier alpha value is -1.60. The van der Waals surface area contributed by atoms with Gasteiger partial charge in [-0.25, -0.2) is 8.42 Å². The Kier molecular flexibility index (Phi) is 5.34. The second-order valence-corrected chi connectivity index (χ2v) is 8.25. The molecule has 0 amide bonds. The van der Waals surface area contributed by atoms with Crippen molar-refractivity contribution in [2.24, 2.45) is 0 Å². The molecule has 0 bridgehead atoms. The Morgan fingerprint density at radius 1 is 1.20 bits per heavy atom. The van der Waals surface area contributed by atoms with E-state index in [9.17, 15) is 8.42 Å². The highest BCUT2D eigenvalue weighted by molar-refractivity contribution is 7.89. The number of morpholine rings is 1. The summed E-state index contributed by atoms with van der Waals surface area (Å²) in [6.45, 7) is 2.43. The predicted molar refractivity (Wildman–Crippen MR) is 96.5 cm³/mol. The first-order chi connectivity index (χ1) is 11.9. The lowest BCUT2D eigenvalue weighted by atomic mass is 10.1. The fourth-order valence-electron chi connectivity index (χ4n) is 2.88. The summed E-state index contributed by atoms with van der Waals surface area (Å²) in [6, 6.07) is 13.9. The average Bonchev–Trinajstić information content (AvgIpc) is 2.62. The molecule has 2 aromatic carbocycles. The van der Waals surface area contributed by atoms with Gasteiger partial charge in [0.2, 0.25) is 10.0 Å². The predicted octanol–water partition coefficient (Wildman–Crippen LogP) is 3.50. The Labute approximate surface area is 153 Å². The summed E-state index contributed by atoms with van der Waals surface area (Å²) >= 11 is 6.10. The van der Waals surface area contributed by atoms with Gasteiger partial charge in [0.05, 0.1) is 29.7 Å². The van der Waals surface area contributed by atoms with Gasteiger partial charge in [-0.1, -0.05) is 41.9 Å². The van der Waals surface area contributed by atoms with E-state index in [1.165, 1.54) is 23.5 Å². The van der Waals surface area contributed by atoms with Gasteiger partial charge in [0.25, 0.3) is 0 Å². The van der Waals surface area contributed by atoms with E-state index in [-0.39, 0.29) is 28.6 Å². The number of hydrogen-bond acceptors (Lipinski definition) is 4. The first-order valence-electron chi connectivity index (χ1n) is 7.95. The van der Waals surface area contributed by atoms with E-state index in [1.807, 2.05) is 37.3 Å². The molecule has 0 spiro atoms. The molecule has 0 aromatic heterocycles. The summed E-state index contributed by atoms with van der Waals surface area (Å²) in [7, 11) is -2.20. The van der Waals surface area contributed by atoms with Crippen LogP contribution in [0.3, 0.4) is 0 Å². The topological polar surface area (TPSA) is 55.8 Å². The second kappa shape index (κ2) is 7.33. The standard InChI is InChI=1S/C18H20ClNO4S/c1-13-12-24-18(14-6-4-3-5-7-14)11-20(13)25(21,22)15-8-9-17(23-2)16(19)10-15/h3-10,13,18H,11-12H2,1-2H3. The second-order valence-electron chi connectivity index (χ2n) is 5.95. The molecule has 0 saturated carbocycles. The molecule has 2 atom stereocenters. The van der Waals surface area contributed by atoms with Crippen LogP contribution >= 0.6 is 11.6 Å². The van der Waals surface area contributed by atoms with Gasteiger partial charge in [0, 0.05) is 12.6 Å². The lowest BCUT2D eigenvalue weighted by Gasteiger charge is -2.37. The Morgan fingerprint density at radius 3 is 2.56 bits per heavy atom. The molecular formula is C18H20ClNO4S. The fourth-order valence-corrected chi connectivity index (χ4v) is 4.85. The molecule has 0 N–H and O–H groups in total. The van der Waals surface area contributed by atoms with E-state index in [4.69, 9.17) is 21.1 Å². The van der Waals surface area contributed by atoms with Crippen LogP contribution in [0, 0.1) is 0 Å². The third kappa shape index (κ3) is 3.67. The van der Waals surface area contributed by atoms with Crippen LogP contribution in [0.4, 0.5) is 0 Å². The van der Waals surface area contributed by atoms with Gasteiger partial charge >= 0.3 is 0 Å². The number of nitrogens with zero attached hydrogens (tertiary/aromatic N) is 1. The van der Waals surface area contributed by atoms with E-state index < -0.39 is 10.0 Å². The molecule has 0 radical (unpaired) electrons. The van der Waals surface area contributed by atoms with Crippen LogP contribution < -0.4 is 4.74 Å². The molecule has 3 rings (SSSR count). The van der Waals surface area contributed by atoms with E-state index in [0.717, 1.165) is 5.56 Å². The number of ether oxygens (including phenoxy) is 2. The van der Waals surface area contributed by atoms with Gasteiger partial charge in [-0.05, 0) is 30.7 Å².